The molecule has 0 saturated heterocycles. The molecule has 4 aromatic carbocycles. The smallest absolute Gasteiger partial charge is 0.207 e. The molecule has 0 amide bonds. The number of aryl methyl sites for hydroxylation is 2. The number of hydrogen-bond donors (Lipinski definition) is 0. The van der Waals surface area contributed by atoms with E-state index in [-0.39, 0.29) is 22.9 Å². The number of benzene rings is 4. The van der Waals surface area contributed by atoms with Crippen LogP contribution in [0, 0.1) is 13.8 Å². The van der Waals surface area contributed by atoms with Crippen molar-refractivity contribution < 1.29 is 16.8 Å². The molecule has 228 valence electrons. The molecular weight excluding hydrogens is 589 g/mol. The van der Waals surface area contributed by atoms with E-state index in [1.54, 1.807) is 48.5 Å². The maximum atomic E-state index is 14.3. The third-order valence-electron chi connectivity index (χ3n) is 8.23. The summed E-state index contributed by atoms with van der Waals surface area (Å²) in [7, 11) is -8.09. The maximum Gasteiger partial charge on any atom is 0.243 e. The fourth-order valence-electron chi connectivity index (χ4n) is 5.60. The van der Waals surface area contributed by atoms with Gasteiger partial charge in [0.15, 0.2) is 0 Å². The number of rotatable bonds is 12. The van der Waals surface area contributed by atoms with Crippen molar-refractivity contribution in [1.29, 1.82) is 0 Å². The first-order valence-electron chi connectivity index (χ1n) is 14.6. The van der Waals surface area contributed by atoms with Gasteiger partial charge in [-0.25, -0.2) is 16.8 Å². The molecule has 0 aromatic heterocycles. The molecule has 4 aromatic rings. The van der Waals surface area contributed by atoms with Crippen molar-refractivity contribution in [2.75, 3.05) is 13.1 Å². The Balaban J connectivity index is 1.58. The number of hydrogen-bond acceptors (Lipinski definition) is 4. The molecule has 0 heterocycles. The topological polar surface area (TPSA) is 74.8 Å². The van der Waals surface area contributed by atoms with Gasteiger partial charge in [-0.1, -0.05) is 109 Å². The summed E-state index contributed by atoms with van der Waals surface area (Å²) >= 11 is 0. The highest BCUT2D eigenvalue weighted by Crippen LogP contribution is 2.43. The summed E-state index contributed by atoms with van der Waals surface area (Å²) in [6.07, 6.45) is 0.896. The van der Waals surface area contributed by atoms with E-state index in [1.165, 1.54) is 8.61 Å². The zero-order valence-electron chi connectivity index (χ0n) is 25.1. The molecule has 0 spiro atoms. The van der Waals surface area contributed by atoms with Gasteiger partial charge in [0.25, 0.3) is 0 Å². The van der Waals surface area contributed by atoms with Gasteiger partial charge in [0.1, 0.15) is 0 Å². The van der Waals surface area contributed by atoms with Crippen LogP contribution in [-0.2, 0) is 32.9 Å². The van der Waals surface area contributed by atoms with Gasteiger partial charge in [-0.2, -0.15) is 8.61 Å². The standard InChI is InChI=1S/C36H38N2O4S2/c1-27-15-19-33(20-16-27)43(39,40)37(25-23-31-11-7-5-8-12-31)35-29(3)30(4)36(35)38(26-24-32-13-9-6-10-14-32)44(41,42)34-21-17-28(2)18-22-34/h5-22,35-36H,3-4,23-26H2,1-2H3/t35-,36-/m0/s1. The lowest BCUT2D eigenvalue weighted by molar-refractivity contribution is 0.205. The van der Waals surface area contributed by atoms with Crippen molar-refractivity contribution in [2.24, 2.45) is 0 Å². The van der Waals surface area contributed by atoms with Crippen molar-refractivity contribution in [3.8, 4) is 0 Å². The molecule has 0 unspecified atom stereocenters. The second kappa shape index (κ2) is 13.0. The highest BCUT2D eigenvalue weighted by molar-refractivity contribution is 7.89. The van der Waals surface area contributed by atoms with Crippen LogP contribution in [0.1, 0.15) is 22.3 Å². The number of nitrogens with zero attached hydrogens (tertiary/aromatic N) is 2. The van der Waals surface area contributed by atoms with Crippen molar-refractivity contribution in [3.05, 3.63) is 156 Å². The molecule has 1 saturated carbocycles. The number of sulfonamides is 2. The third kappa shape index (κ3) is 6.49. The molecule has 1 aliphatic rings. The Kier molecular flexibility index (Phi) is 9.37. The summed E-state index contributed by atoms with van der Waals surface area (Å²) in [5, 5.41) is 0. The first-order chi connectivity index (χ1) is 21.0. The monoisotopic (exact) mass is 626 g/mol. The molecule has 1 aliphatic carbocycles. The summed E-state index contributed by atoms with van der Waals surface area (Å²) in [4.78, 5) is 0.301. The molecular formula is C36H38N2O4S2. The average Bonchev–Trinajstić information content (AvgIpc) is 3.02. The van der Waals surface area contributed by atoms with Gasteiger partial charge in [0.05, 0.1) is 21.9 Å². The van der Waals surface area contributed by atoms with E-state index in [1.807, 2.05) is 74.5 Å². The Morgan fingerprint density at radius 1 is 0.523 bits per heavy atom. The lowest BCUT2D eigenvalue weighted by Crippen LogP contribution is -2.63. The zero-order chi connectivity index (χ0) is 31.5. The Morgan fingerprint density at radius 3 is 1.16 bits per heavy atom. The molecule has 1 fully saturated rings. The van der Waals surface area contributed by atoms with Crippen LogP contribution in [-0.4, -0.2) is 50.6 Å². The van der Waals surface area contributed by atoms with Gasteiger partial charge < -0.3 is 0 Å². The molecule has 0 N–H and O–H groups in total. The van der Waals surface area contributed by atoms with Crippen LogP contribution in [0.3, 0.4) is 0 Å². The fourth-order valence-corrected chi connectivity index (χ4v) is 8.85. The van der Waals surface area contributed by atoms with Crippen LogP contribution in [0.5, 0.6) is 0 Å². The first kappa shape index (κ1) is 31.6. The average molecular weight is 627 g/mol. The van der Waals surface area contributed by atoms with Crippen LogP contribution in [0.15, 0.2) is 143 Å². The Hall–Kier alpha value is -3.82. The lowest BCUT2D eigenvalue weighted by atomic mass is 9.76. The minimum atomic E-state index is -4.04. The zero-order valence-corrected chi connectivity index (χ0v) is 26.8. The van der Waals surface area contributed by atoms with Crippen molar-refractivity contribution in [3.63, 3.8) is 0 Å². The molecule has 44 heavy (non-hydrogen) atoms. The predicted molar refractivity (Wildman–Crippen MR) is 176 cm³/mol. The highest BCUT2D eigenvalue weighted by Gasteiger charge is 2.52. The molecule has 6 nitrogen and oxygen atoms in total. The van der Waals surface area contributed by atoms with E-state index in [4.69, 9.17) is 0 Å². The van der Waals surface area contributed by atoms with Crippen LogP contribution in [0.2, 0.25) is 0 Å². The molecule has 8 heteroatoms. The quantitative estimate of drug-likeness (QED) is 0.184. The Morgan fingerprint density at radius 2 is 0.841 bits per heavy atom. The van der Waals surface area contributed by atoms with E-state index in [0.717, 1.165) is 22.3 Å². The normalized spacial score (nSPS) is 17.2. The molecule has 0 bridgehead atoms. The van der Waals surface area contributed by atoms with E-state index >= 15 is 0 Å². The predicted octanol–water partition coefficient (Wildman–Crippen LogP) is 6.33. The van der Waals surface area contributed by atoms with Gasteiger partial charge >= 0.3 is 0 Å². The Bertz CT molecular complexity index is 1700. The highest BCUT2D eigenvalue weighted by atomic mass is 32.2. The third-order valence-corrected chi connectivity index (χ3v) is 12.0. The molecule has 0 radical (unpaired) electrons. The second-order valence-corrected chi connectivity index (χ2v) is 15.1. The van der Waals surface area contributed by atoms with Crippen LogP contribution >= 0.6 is 0 Å². The summed E-state index contributed by atoms with van der Waals surface area (Å²) in [6.45, 7) is 12.5. The van der Waals surface area contributed by atoms with E-state index in [2.05, 4.69) is 13.2 Å². The van der Waals surface area contributed by atoms with Crippen molar-refractivity contribution >= 4 is 20.0 Å². The largest absolute Gasteiger partial charge is 0.243 e. The van der Waals surface area contributed by atoms with Crippen LogP contribution < -0.4 is 0 Å². The molecule has 2 atom stereocenters. The van der Waals surface area contributed by atoms with Crippen LogP contribution in [0.4, 0.5) is 0 Å². The van der Waals surface area contributed by atoms with E-state index in [9.17, 15) is 16.8 Å². The maximum absolute atomic E-state index is 14.3. The first-order valence-corrected chi connectivity index (χ1v) is 17.5. The SMILES string of the molecule is C=C1C(=C)[C@H](N(CCc2ccccc2)S(=O)(=O)c2ccc(C)cc2)[C@H]1N(CCc1ccccc1)S(=O)(=O)c1ccc(C)cc1. The van der Waals surface area contributed by atoms with Gasteiger partial charge in [-0.05, 0) is 73.2 Å². The summed E-state index contributed by atoms with van der Waals surface area (Å²) in [6, 6.07) is 31.1. The lowest BCUT2D eigenvalue weighted by Gasteiger charge is -2.51. The van der Waals surface area contributed by atoms with Crippen LogP contribution in [0.25, 0.3) is 0 Å². The fraction of sp³-hybridized carbons (Fsp3) is 0.222. The van der Waals surface area contributed by atoms with Gasteiger partial charge in [0.2, 0.25) is 20.0 Å². The molecule has 5 rings (SSSR count). The van der Waals surface area contributed by atoms with E-state index < -0.39 is 32.1 Å². The molecule has 0 aliphatic heterocycles. The summed E-state index contributed by atoms with van der Waals surface area (Å²) in [5.74, 6) is 0. The minimum Gasteiger partial charge on any atom is -0.207 e. The van der Waals surface area contributed by atoms with Gasteiger partial charge in [0, 0.05) is 13.1 Å². The minimum absolute atomic E-state index is 0.144. The Labute approximate surface area is 262 Å². The van der Waals surface area contributed by atoms with Gasteiger partial charge in [-0.15, -0.1) is 0 Å². The second-order valence-electron chi connectivity index (χ2n) is 11.3. The summed E-state index contributed by atoms with van der Waals surface area (Å²) < 4.78 is 60.2. The van der Waals surface area contributed by atoms with Crippen molar-refractivity contribution in [2.45, 2.75) is 48.6 Å². The summed E-state index contributed by atoms with van der Waals surface area (Å²) in [5.41, 5.74) is 4.87. The van der Waals surface area contributed by atoms with Crippen molar-refractivity contribution in [1.82, 2.24) is 8.61 Å². The van der Waals surface area contributed by atoms with Gasteiger partial charge in [-0.3, -0.25) is 0 Å². The van der Waals surface area contributed by atoms with E-state index in [0.29, 0.717) is 24.0 Å².